The Bertz CT molecular complexity index is 579. The second kappa shape index (κ2) is 7.77. The monoisotopic (exact) mass is 330 g/mol. The minimum absolute atomic E-state index is 0.185. The van der Waals surface area contributed by atoms with Gasteiger partial charge in [-0.15, -0.1) is 0 Å². The van der Waals surface area contributed by atoms with Crippen molar-refractivity contribution in [2.24, 2.45) is 0 Å². The van der Waals surface area contributed by atoms with Gasteiger partial charge in [0.15, 0.2) is 0 Å². The molecule has 3 N–H and O–H groups in total. The minimum atomic E-state index is -0.325. The Hall–Kier alpha value is -1.92. The van der Waals surface area contributed by atoms with Gasteiger partial charge in [0.2, 0.25) is 11.8 Å². The predicted molar refractivity (Wildman–Crippen MR) is 93.6 cm³/mol. The van der Waals surface area contributed by atoms with E-state index in [1.165, 1.54) is 18.4 Å². The van der Waals surface area contributed by atoms with Gasteiger partial charge in [0.25, 0.3) is 0 Å². The van der Waals surface area contributed by atoms with E-state index < -0.39 is 0 Å². The predicted octanol–water partition coefficient (Wildman–Crippen LogP) is 1.09. The summed E-state index contributed by atoms with van der Waals surface area (Å²) in [6, 6.07) is 8.57. The average molecular weight is 330 g/mol. The molecule has 2 aliphatic rings. The third-order valence-corrected chi connectivity index (χ3v) is 4.94. The van der Waals surface area contributed by atoms with Crippen LogP contribution in [-0.4, -0.2) is 48.9 Å². The Morgan fingerprint density at radius 2 is 1.83 bits per heavy atom. The second-order valence-corrected chi connectivity index (χ2v) is 6.68. The number of anilines is 1. The Kier molecular flexibility index (Phi) is 5.48. The number of nitrogens with one attached hydrogen (secondary N) is 3. The summed E-state index contributed by atoms with van der Waals surface area (Å²) >= 11 is 0. The Labute approximate surface area is 143 Å². The van der Waals surface area contributed by atoms with E-state index in [2.05, 4.69) is 33.0 Å². The molecule has 2 amide bonds. The van der Waals surface area contributed by atoms with Gasteiger partial charge >= 0.3 is 0 Å². The molecule has 0 bridgehead atoms. The Morgan fingerprint density at radius 1 is 1.12 bits per heavy atom. The van der Waals surface area contributed by atoms with Gasteiger partial charge in [-0.25, -0.2) is 0 Å². The zero-order chi connectivity index (χ0) is 16.9. The number of benzene rings is 1. The van der Waals surface area contributed by atoms with Crippen LogP contribution in [0.5, 0.6) is 0 Å². The number of hydrogen-bond donors (Lipinski definition) is 3. The third kappa shape index (κ3) is 4.33. The molecule has 24 heavy (non-hydrogen) atoms. The van der Waals surface area contributed by atoms with Crippen LogP contribution in [0.1, 0.15) is 31.2 Å². The number of carbonyl (C=O) groups excluding carboxylic acids is 2. The fourth-order valence-corrected chi connectivity index (χ4v) is 3.38. The van der Waals surface area contributed by atoms with E-state index >= 15 is 0 Å². The summed E-state index contributed by atoms with van der Waals surface area (Å²) in [6.45, 7) is 3.22. The smallest absolute Gasteiger partial charge is 0.249 e. The lowest BCUT2D eigenvalue weighted by atomic mass is 10.0. The summed E-state index contributed by atoms with van der Waals surface area (Å²) in [5.74, 6) is -0.418. The highest BCUT2D eigenvalue weighted by molar-refractivity contribution is 6.01. The lowest BCUT2D eigenvalue weighted by molar-refractivity contribution is -0.133. The van der Waals surface area contributed by atoms with Gasteiger partial charge in [0.1, 0.15) is 6.04 Å². The number of amides is 2. The SMILES string of the molecule is CNC1CCN(Cc2ccc(NC3CCC(=O)NC3=O)cc2)CC1. The lowest BCUT2D eigenvalue weighted by Crippen LogP contribution is -2.47. The van der Waals surface area contributed by atoms with Gasteiger partial charge in [-0.05, 0) is 57.1 Å². The van der Waals surface area contributed by atoms with Gasteiger partial charge in [0, 0.05) is 24.7 Å². The zero-order valence-corrected chi connectivity index (χ0v) is 14.2. The molecule has 2 heterocycles. The van der Waals surface area contributed by atoms with Gasteiger partial charge in [0.05, 0.1) is 0 Å². The molecule has 130 valence electrons. The van der Waals surface area contributed by atoms with Gasteiger partial charge in [-0.3, -0.25) is 19.8 Å². The van der Waals surface area contributed by atoms with Crippen molar-refractivity contribution in [3.63, 3.8) is 0 Å². The first-order valence-electron chi connectivity index (χ1n) is 8.73. The number of carbonyl (C=O) groups is 2. The van der Waals surface area contributed by atoms with E-state index in [9.17, 15) is 9.59 Å². The van der Waals surface area contributed by atoms with Crippen molar-refractivity contribution < 1.29 is 9.59 Å². The standard InChI is InChI=1S/C18H26N4O2/c1-19-14-8-10-22(11-9-14)12-13-2-4-15(5-3-13)20-16-6-7-17(23)21-18(16)24/h2-5,14,16,19-20H,6-12H2,1H3,(H,21,23,24). The van der Waals surface area contributed by atoms with Crippen molar-refractivity contribution in [3.05, 3.63) is 29.8 Å². The second-order valence-electron chi connectivity index (χ2n) is 6.68. The minimum Gasteiger partial charge on any atom is -0.374 e. The number of likely N-dealkylation sites (tertiary alicyclic amines) is 1. The number of imide groups is 1. The van der Waals surface area contributed by atoms with E-state index in [1.54, 1.807) is 0 Å². The summed E-state index contributed by atoms with van der Waals surface area (Å²) in [7, 11) is 2.04. The molecular formula is C18H26N4O2. The summed E-state index contributed by atoms with van der Waals surface area (Å²) in [6.07, 6.45) is 3.34. The molecule has 1 unspecified atom stereocenters. The Balaban J connectivity index is 1.50. The summed E-state index contributed by atoms with van der Waals surface area (Å²) in [5.41, 5.74) is 2.20. The van der Waals surface area contributed by atoms with E-state index in [-0.39, 0.29) is 17.9 Å². The molecule has 2 aliphatic heterocycles. The van der Waals surface area contributed by atoms with Crippen molar-refractivity contribution in [1.29, 1.82) is 0 Å². The normalized spacial score (nSPS) is 23.1. The molecule has 0 aromatic heterocycles. The molecule has 6 nitrogen and oxygen atoms in total. The molecule has 2 saturated heterocycles. The molecule has 0 aliphatic carbocycles. The van der Waals surface area contributed by atoms with E-state index in [4.69, 9.17) is 0 Å². The van der Waals surface area contributed by atoms with Gasteiger partial charge < -0.3 is 10.6 Å². The third-order valence-electron chi connectivity index (χ3n) is 4.94. The van der Waals surface area contributed by atoms with Crippen LogP contribution in [-0.2, 0) is 16.1 Å². The highest BCUT2D eigenvalue weighted by Gasteiger charge is 2.26. The zero-order valence-electron chi connectivity index (χ0n) is 14.2. The quantitative estimate of drug-likeness (QED) is 0.705. The van der Waals surface area contributed by atoms with Crippen molar-refractivity contribution in [2.45, 2.75) is 44.3 Å². The van der Waals surface area contributed by atoms with Crippen molar-refractivity contribution in [3.8, 4) is 0 Å². The first-order chi connectivity index (χ1) is 11.6. The molecule has 3 rings (SSSR count). The number of piperidine rings is 2. The van der Waals surface area contributed by atoms with Crippen LogP contribution in [0, 0.1) is 0 Å². The first-order valence-corrected chi connectivity index (χ1v) is 8.73. The van der Waals surface area contributed by atoms with Crippen LogP contribution >= 0.6 is 0 Å². The maximum atomic E-state index is 11.8. The highest BCUT2D eigenvalue weighted by atomic mass is 16.2. The largest absolute Gasteiger partial charge is 0.374 e. The maximum absolute atomic E-state index is 11.8. The molecule has 0 spiro atoms. The molecule has 6 heteroatoms. The molecule has 1 atom stereocenters. The van der Waals surface area contributed by atoms with Crippen LogP contribution < -0.4 is 16.0 Å². The number of nitrogens with zero attached hydrogens (tertiary/aromatic N) is 1. The van der Waals surface area contributed by atoms with E-state index in [0.717, 1.165) is 25.3 Å². The summed E-state index contributed by atoms with van der Waals surface area (Å²) in [4.78, 5) is 25.4. The molecular weight excluding hydrogens is 304 g/mol. The molecule has 2 fully saturated rings. The summed E-state index contributed by atoms with van der Waals surface area (Å²) < 4.78 is 0. The molecule has 1 aromatic rings. The van der Waals surface area contributed by atoms with E-state index in [0.29, 0.717) is 18.9 Å². The topological polar surface area (TPSA) is 73.5 Å². The molecule has 1 aromatic carbocycles. The van der Waals surface area contributed by atoms with Crippen LogP contribution in [0.25, 0.3) is 0 Å². The van der Waals surface area contributed by atoms with Gasteiger partial charge in [-0.1, -0.05) is 12.1 Å². The van der Waals surface area contributed by atoms with Crippen molar-refractivity contribution in [2.75, 3.05) is 25.5 Å². The number of rotatable bonds is 5. The lowest BCUT2D eigenvalue weighted by Gasteiger charge is -2.31. The average Bonchev–Trinajstić information content (AvgIpc) is 2.60. The Morgan fingerprint density at radius 3 is 2.46 bits per heavy atom. The molecule has 0 radical (unpaired) electrons. The first kappa shape index (κ1) is 16.9. The van der Waals surface area contributed by atoms with Crippen molar-refractivity contribution in [1.82, 2.24) is 15.5 Å². The van der Waals surface area contributed by atoms with Gasteiger partial charge in [-0.2, -0.15) is 0 Å². The molecule has 0 saturated carbocycles. The van der Waals surface area contributed by atoms with Crippen LogP contribution in [0.4, 0.5) is 5.69 Å². The van der Waals surface area contributed by atoms with Crippen LogP contribution in [0.3, 0.4) is 0 Å². The van der Waals surface area contributed by atoms with Crippen LogP contribution in [0.2, 0.25) is 0 Å². The van der Waals surface area contributed by atoms with E-state index in [1.807, 2.05) is 19.2 Å². The van der Waals surface area contributed by atoms with Crippen LogP contribution in [0.15, 0.2) is 24.3 Å². The maximum Gasteiger partial charge on any atom is 0.249 e. The number of hydrogen-bond acceptors (Lipinski definition) is 5. The van der Waals surface area contributed by atoms with Crippen molar-refractivity contribution >= 4 is 17.5 Å². The fourth-order valence-electron chi connectivity index (χ4n) is 3.38. The fraction of sp³-hybridized carbons (Fsp3) is 0.556. The highest BCUT2D eigenvalue weighted by Crippen LogP contribution is 2.17. The summed E-state index contributed by atoms with van der Waals surface area (Å²) in [5, 5.41) is 8.93.